The summed E-state index contributed by atoms with van der Waals surface area (Å²) >= 11 is 1.22. The number of aromatic nitrogens is 4. The second-order valence-electron chi connectivity index (χ2n) is 4.54. The second kappa shape index (κ2) is 6.61. The van der Waals surface area contributed by atoms with E-state index in [0.717, 1.165) is 6.42 Å². The van der Waals surface area contributed by atoms with Crippen LogP contribution in [0.4, 0.5) is 5.82 Å². The van der Waals surface area contributed by atoms with Crippen molar-refractivity contribution in [3.05, 3.63) is 22.3 Å². The highest BCUT2D eigenvalue weighted by atomic mass is 32.2. The third kappa shape index (κ3) is 3.75. The summed E-state index contributed by atoms with van der Waals surface area (Å²) in [5.41, 5.74) is -0.265. The number of carbonyl (C=O) groups is 1. The van der Waals surface area contributed by atoms with Gasteiger partial charge in [0, 0.05) is 12.6 Å². The number of hydrogen-bond donors (Lipinski definition) is 2. The number of nitrogens with zero attached hydrogens (tertiary/aromatic N) is 3. The Hall–Kier alpha value is -2.03. The Morgan fingerprint density at radius 1 is 1.62 bits per heavy atom. The number of thioether (sulfide) groups is 1. The highest BCUT2D eigenvalue weighted by Crippen LogP contribution is 2.21. The number of hydrogen-bond acceptors (Lipinski definition) is 6. The van der Waals surface area contributed by atoms with E-state index in [1.54, 1.807) is 19.9 Å². The predicted molar refractivity (Wildman–Crippen MR) is 78.3 cm³/mol. The third-order valence-electron chi connectivity index (χ3n) is 2.70. The lowest BCUT2D eigenvalue weighted by Crippen LogP contribution is -2.24. The highest BCUT2D eigenvalue weighted by molar-refractivity contribution is 8.00. The maximum Gasteiger partial charge on any atom is 0.343 e. The molecule has 0 saturated heterocycles. The Kier molecular flexibility index (Phi) is 4.84. The lowest BCUT2D eigenvalue weighted by Gasteiger charge is -2.10. The van der Waals surface area contributed by atoms with E-state index >= 15 is 0 Å². The fraction of sp³-hybridized carbons (Fsp3) is 0.500. The standard InChI is InChI=1S/C12H17N5O3S/c1-4-5-17-11(19)14-15-12(17)21-8(3)10(18)13-9-6-7(2)20-16-9/h6,8H,4-5H2,1-3H3,(H,14,19)(H,13,16,18)/t8-/m0/s1. The van der Waals surface area contributed by atoms with Crippen LogP contribution < -0.4 is 11.0 Å². The fourth-order valence-corrected chi connectivity index (χ4v) is 2.56. The zero-order valence-electron chi connectivity index (χ0n) is 12.0. The van der Waals surface area contributed by atoms with Gasteiger partial charge in [-0.3, -0.25) is 9.36 Å². The van der Waals surface area contributed by atoms with Gasteiger partial charge in [-0.1, -0.05) is 23.8 Å². The number of carbonyl (C=O) groups excluding carboxylic acids is 1. The molecule has 0 spiro atoms. The number of rotatable bonds is 6. The minimum Gasteiger partial charge on any atom is -0.360 e. The van der Waals surface area contributed by atoms with Crippen molar-refractivity contribution >= 4 is 23.5 Å². The molecule has 21 heavy (non-hydrogen) atoms. The molecule has 0 aliphatic heterocycles. The van der Waals surface area contributed by atoms with Crippen LogP contribution in [0.25, 0.3) is 0 Å². The van der Waals surface area contributed by atoms with E-state index in [4.69, 9.17) is 4.52 Å². The van der Waals surface area contributed by atoms with Gasteiger partial charge in [0.15, 0.2) is 11.0 Å². The average molecular weight is 311 g/mol. The monoisotopic (exact) mass is 311 g/mol. The van der Waals surface area contributed by atoms with Crippen LogP contribution in [0.15, 0.2) is 20.5 Å². The van der Waals surface area contributed by atoms with Crippen LogP contribution in [0.5, 0.6) is 0 Å². The smallest absolute Gasteiger partial charge is 0.343 e. The van der Waals surface area contributed by atoms with Crippen molar-refractivity contribution in [1.82, 2.24) is 19.9 Å². The molecule has 8 nitrogen and oxygen atoms in total. The van der Waals surface area contributed by atoms with Crippen LogP contribution in [0, 0.1) is 6.92 Å². The van der Waals surface area contributed by atoms with Crippen molar-refractivity contribution < 1.29 is 9.32 Å². The Balaban J connectivity index is 2.02. The Labute approximate surface area is 125 Å². The minimum atomic E-state index is -0.423. The predicted octanol–water partition coefficient (Wildman–Crippen LogP) is 1.40. The molecule has 2 rings (SSSR count). The summed E-state index contributed by atoms with van der Waals surface area (Å²) in [6.07, 6.45) is 0.811. The zero-order chi connectivity index (χ0) is 15.4. The summed E-state index contributed by atoms with van der Waals surface area (Å²) in [7, 11) is 0. The van der Waals surface area contributed by atoms with Crippen LogP contribution in [-0.4, -0.2) is 31.1 Å². The average Bonchev–Trinajstić information content (AvgIpc) is 2.99. The van der Waals surface area contributed by atoms with Crippen molar-refractivity contribution in [2.24, 2.45) is 0 Å². The second-order valence-corrected chi connectivity index (χ2v) is 5.84. The number of aryl methyl sites for hydroxylation is 1. The van der Waals surface area contributed by atoms with E-state index in [-0.39, 0.29) is 11.6 Å². The van der Waals surface area contributed by atoms with Crippen molar-refractivity contribution in [2.75, 3.05) is 5.32 Å². The number of H-pyrrole nitrogens is 1. The largest absolute Gasteiger partial charge is 0.360 e. The molecular formula is C12H17N5O3S. The van der Waals surface area contributed by atoms with E-state index < -0.39 is 5.25 Å². The molecule has 0 fully saturated rings. The first kappa shape index (κ1) is 15.4. The van der Waals surface area contributed by atoms with Gasteiger partial charge in [-0.2, -0.15) is 0 Å². The van der Waals surface area contributed by atoms with Crippen LogP contribution in [0.2, 0.25) is 0 Å². The third-order valence-corrected chi connectivity index (χ3v) is 3.79. The van der Waals surface area contributed by atoms with Crippen molar-refractivity contribution in [1.29, 1.82) is 0 Å². The molecule has 2 aromatic heterocycles. The fourth-order valence-electron chi connectivity index (χ4n) is 1.68. The number of aromatic amines is 1. The molecule has 0 bridgehead atoms. The quantitative estimate of drug-likeness (QED) is 0.781. The van der Waals surface area contributed by atoms with Crippen molar-refractivity contribution in [3.63, 3.8) is 0 Å². The van der Waals surface area contributed by atoms with E-state index in [1.807, 2.05) is 6.92 Å². The molecule has 114 valence electrons. The van der Waals surface area contributed by atoms with Crippen molar-refractivity contribution in [3.8, 4) is 0 Å². The molecule has 0 aliphatic rings. The van der Waals surface area contributed by atoms with Crippen LogP contribution in [-0.2, 0) is 11.3 Å². The van der Waals surface area contributed by atoms with Gasteiger partial charge in [0.2, 0.25) is 5.91 Å². The molecule has 0 saturated carbocycles. The lowest BCUT2D eigenvalue weighted by atomic mass is 10.4. The first-order valence-electron chi connectivity index (χ1n) is 6.57. The molecule has 1 atom stereocenters. The molecular weight excluding hydrogens is 294 g/mol. The van der Waals surface area contributed by atoms with Gasteiger partial charge in [-0.05, 0) is 20.3 Å². The molecule has 0 unspecified atom stereocenters. The van der Waals surface area contributed by atoms with Crippen LogP contribution >= 0.6 is 11.8 Å². The van der Waals surface area contributed by atoms with Gasteiger partial charge in [-0.15, -0.1) is 5.10 Å². The van der Waals surface area contributed by atoms with Gasteiger partial charge in [0.1, 0.15) is 5.76 Å². The van der Waals surface area contributed by atoms with Crippen LogP contribution in [0.3, 0.4) is 0 Å². The molecule has 1 amide bonds. The topological polar surface area (TPSA) is 106 Å². The molecule has 2 heterocycles. The first-order valence-corrected chi connectivity index (χ1v) is 7.45. The molecule has 0 aliphatic carbocycles. The Morgan fingerprint density at radius 3 is 3.00 bits per heavy atom. The molecule has 0 radical (unpaired) electrons. The molecule has 2 aromatic rings. The number of amides is 1. The van der Waals surface area contributed by atoms with Crippen LogP contribution in [0.1, 0.15) is 26.0 Å². The first-order chi connectivity index (χ1) is 10.0. The highest BCUT2D eigenvalue weighted by Gasteiger charge is 2.19. The molecule has 9 heteroatoms. The Morgan fingerprint density at radius 2 is 2.38 bits per heavy atom. The van der Waals surface area contributed by atoms with Gasteiger partial charge >= 0.3 is 5.69 Å². The van der Waals surface area contributed by atoms with Gasteiger partial charge in [-0.25, -0.2) is 9.89 Å². The lowest BCUT2D eigenvalue weighted by molar-refractivity contribution is -0.115. The summed E-state index contributed by atoms with van der Waals surface area (Å²) < 4.78 is 6.41. The number of nitrogens with one attached hydrogen (secondary N) is 2. The summed E-state index contributed by atoms with van der Waals surface area (Å²) in [4.78, 5) is 23.6. The summed E-state index contributed by atoms with van der Waals surface area (Å²) in [6, 6.07) is 1.64. The summed E-state index contributed by atoms with van der Waals surface area (Å²) in [5.74, 6) is 0.763. The van der Waals surface area contributed by atoms with E-state index in [9.17, 15) is 9.59 Å². The Bertz CT molecular complexity index is 674. The van der Waals surface area contributed by atoms with E-state index in [0.29, 0.717) is 23.3 Å². The minimum absolute atomic E-state index is 0.230. The summed E-state index contributed by atoms with van der Waals surface area (Å²) in [6.45, 7) is 6.02. The van der Waals surface area contributed by atoms with E-state index in [2.05, 4.69) is 20.7 Å². The van der Waals surface area contributed by atoms with Gasteiger partial charge in [0.05, 0.1) is 5.25 Å². The SMILES string of the molecule is CCCn1c(S[C@@H](C)C(=O)Nc2cc(C)on2)n[nH]c1=O. The van der Waals surface area contributed by atoms with Gasteiger partial charge in [0.25, 0.3) is 0 Å². The molecule has 2 N–H and O–H groups in total. The van der Waals surface area contributed by atoms with Gasteiger partial charge < -0.3 is 9.84 Å². The number of anilines is 1. The molecule has 0 aromatic carbocycles. The normalized spacial score (nSPS) is 12.3. The van der Waals surface area contributed by atoms with Crippen molar-refractivity contribution in [2.45, 2.75) is 44.1 Å². The zero-order valence-corrected chi connectivity index (χ0v) is 12.9. The maximum atomic E-state index is 12.1. The summed E-state index contributed by atoms with van der Waals surface area (Å²) in [5, 5.41) is 12.8. The van der Waals surface area contributed by atoms with E-state index in [1.165, 1.54) is 16.3 Å². The maximum absolute atomic E-state index is 12.1.